The van der Waals surface area contributed by atoms with Crippen LogP contribution in [0.1, 0.15) is 5.56 Å². The third-order valence-corrected chi connectivity index (χ3v) is 2.61. The van der Waals surface area contributed by atoms with E-state index in [1.807, 2.05) is 0 Å². The Balaban J connectivity index is 2.61. The van der Waals surface area contributed by atoms with Gasteiger partial charge in [0.1, 0.15) is 11.5 Å². The molecule has 0 saturated heterocycles. The minimum Gasteiger partial charge on any atom is -0.497 e. The molecule has 17 heavy (non-hydrogen) atoms. The minimum absolute atomic E-state index is 0.0314. The Labute approximate surface area is 98.0 Å². The van der Waals surface area contributed by atoms with E-state index in [9.17, 15) is 4.79 Å². The van der Waals surface area contributed by atoms with Crippen LogP contribution >= 0.6 is 0 Å². The molecular weight excluding hydrogens is 222 g/mol. The summed E-state index contributed by atoms with van der Waals surface area (Å²) >= 11 is 0. The van der Waals surface area contributed by atoms with Gasteiger partial charge < -0.3 is 19.6 Å². The van der Waals surface area contributed by atoms with Gasteiger partial charge in [0.15, 0.2) is 0 Å². The van der Waals surface area contributed by atoms with Crippen LogP contribution in [0.2, 0.25) is 0 Å². The first-order chi connectivity index (χ1) is 8.15. The first kappa shape index (κ1) is 11.3. The van der Waals surface area contributed by atoms with Crippen LogP contribution < -0.4 is 9.47 Å². The summed E-state index contributed by atoms with van der Waals surface area (Å²) in [6.45, 7) is 0. The molecule has 2 rings (SSSR count). The second-order valence-electron chi connectivity index (χ2n) is 3.64. The monoisotopic (exact) mass is 235 g/mol. The van der Waals surface area contributed by atoms with Crippen molar-refractivity contribution >= 4 is 16.9 Å². The Bertz CT molecular complexity index is 559. The van der Waals surface area contributed by atoms with Crippen LogP contribution in [0.25, 0.3) is 10.9 Å². The number of aromatic nitrogens is 1. The van der Waals surface area contributed by atoms with Crippen LogP contribution in [-0.4, -0.2) is 30.3 Å². The van der Waals surface area contributed by atoms with Crippen LogP contribution in [0.4, 0.5) is 0 Å². The number of methoxy groups -OCH3 is 2. The maximum absolute atomic E-state index is 10.7. The van der Waals surface area contributed by atoms with Gasteiger partial charge in [0.25, 0.3) is 0 Å². The van der Waals surface area contributed by atoms with E-state index >= 15 is 0 Å². The molecule has 0 aliphatic rings. The van der Waals surface area contributed by atoms with Crippen LogP contribution in [0.3, 0.4) is 0 Å². The maximum atomic E-state index is 10.7. The van der Waals surface area contributed by atoms with E-state index < -0.39 is 5.97 Å². The van der Waals surface area contributed by atoms with Crippen molar-refractivity contribution in [3.63, 3.8) is 0 Å². The lowest BCUT2D eigenvalue weighted by molar-refractivity contribution is -0.136. The normalized spacial score (nSPS) is 10.5. The fourth-order valence-electron chi connectivity index (χ4n) is 1.82. The summed E-state index contributed by atoms with van der Waals surface area (Å²) in [5.41, 5.74) is 1.49. The van der Waals surface area contributed by atoms with Gasteiger partial charge in [0, 0.05) is 17.6 Å². The molecule has 90 valence electrons. The highest BCUT2D eigenvalue weighted by Gasteiger charge is 2.12. The molecule has 5 heteroatoms. The van der Waals surface area contributed by atoms with Crippen LogP contribution in [0.5, 0.6) is 11.5 Å². The van der Waals surface area contributed by atoms with E-state index in [0.29, 0.717) is 17.1 Å². The van der Waals surface area contributed by atoms with Crippen molar-refractivity contribution in [3.8, 4) is 11.5 Å². The summed E-state index contributed by atoms with van der Waals surface area (Å²) in [6, 6.07) is 3.55. The van der Waals surface area contributed by atoms with E-state index in [-0.39, 0.29) is 6.42 Å². The highest BCUT2D eigenvalue weighted by molar-refractivity contribution is 5.92. The SMILES string of the molecule is COc1cc(OC)c2[nH]cc(CC(=O)O)c2c1. The van der Waals surface area contributed by atoms with Gasteiger partial charge in [0.2, 0.25) is 0 Å². The standard InChI is InChI=1S/C12H13NO4/c1-16-8-4-9-7(3-11(14)15)6-13-12(9)10(5-8)17-2/h4-6,13H,3H2,1-2H3,(H,14,15). The lowest BCUT2D eigenvalue weighted by atomic mass is 10.1. The molecule has 0 spiro atoms. The number of hydrogen-bond donors (Lipinski definition) is 2. The van der Waals surface area contributed by atoms with Crippen molar-refractivity contribution in [2.45, 2.75) is 6.42 Å². The Morgan fingerprint density at radius 1 is 1.35 bits per heavy atom. The number of carboxylic acids is 1. The number of carbonyl (C=O) groups is 1. The van der Waals surface area contributed by atoms with Gasteiger partial charge in [-0.1, -0.05) is 0 Å². The molecule has 0 amide bonds. The van der Waals surface area contributed by atoms with Crippen molar-refractivity contribution in [1.29, 1.82) is 0 Å². The molecule has 1 aromatic carbocycles. The first-order valence-corrected chi connectivity index (χ1v) is 5.09. The Hall–Kier alpha value is -2.17. The Morgan fingerprint density at radius 3 is 2.71 bits per heavy atom. The van der Waals surface area contributed by atoms with E-state index in [0.717, 1.165) is 10.9 Å². The topological polar surface area (TPSA) is 71.5 Å². The number of fused-ring (bicyclic) bond motifs is 1. The quantitative estimate of drug-likeness (QED) is 0.847. The summed E-state index contributed by atoms with van der Waals surface area (Å²) in [6.07, 6.45) is 1.65. The lowest BCUT2D eigenvalue weighted by Crippen LogP contribution is -1.99. The van der Waals surface area contributed by atoms with E-state index in [1.54, 1.807) is 32.5 Å². The second-order valence-corrected chi connectivity index (χ2v) is 3.64. The minimum atomic E-state index is -0.868. The molecule has 0 fully saturated rings. The molecule has 0 unspecified atom stereocenters. The molecule has 0 saturated carbocycles. The number of carboxylic acid groups (broad SMARTS) is 1. The Kier molecular flexibility index (Phi) is 2.91. The largest absolute Gasteiger partial charge is 0.497 e. The second kappa shape index (κ2) is 4.37. The van der Waals surface area contributed by atoms with Gasteiger partial charge in [-0.25, -0.2) is 0 Å². The lowest BCUT2D eigenvalue weighted by Gasteiger charge is -2.06. The van der Waals surface area contributed by atoms with Gasteiger partial charge in [-0.05, 0) is 11.6 Å². The molecule has 2 aromatic rings. The van der Waals surface area contributed by atoms with Crippen LogP contribution in [-0.2, 0) is 11.2 Å². The maximum Gasteiger partial charge on any atom is 0.307 e. The summed E-state index contributed by atoms with van der Waals surface area (Å²) in [5, 5.41) is 9.63. The number of aromatic amines is 1. The van der Waals surface area contributed by atoms with Crippen molar-refractivity contribution in [3.05, 3.63) is 23.9 Å². The van der Waals surface area contributed by atoms with Crippen molar-refractivity contribution in [1.82, 2.24) is 4.98 Å². The zero-order chi connectivity index (χ0) is 12.4. The fourth-order valence-corrected chi connectivity index (χ4v) is 1.82. The number of rotatable bonds is 4. The molecule has 0 aliphatic carbocycles. The number of nitrogens with one attached hydrogen (secondary N) is 1. The summed E-state index contributed by atoms with van der Waals surface area (Å²) in [4.78, 5) is 13.8. The van der Waals surface area contributed by atoms with E-state index in [1.165, 1.54) is 0 Å². The van der Waals surface area contributed by atoms with Gasteiger partial charge in [0.05, 0.1) is 26.2 Å². The molecule has 0 bridgehead atoms. The summed E-state index contributed by atoms with van der Waals surface area (Å²) < 4.78 is 10.4. The van der Waals surface area contributed by atoms with Crippen LogP contribution in [0, 0.1) is 0 Å². The van der Waals surface area contributed by atoms with Gasteiger partial charge in [-0.2, -0.15) is 0 Å². The molecule has 0 aliphatic heterocycles. The highest BCUT2D eigenvalue weighted by Crippen LogP contribution is 2.32. The average Bonchev–Trinajstić information content (AvgIpc) is 2.70. The molecule has 5 nitrogen and oxygen atoms in total. The molecule has 0 radical (unpaired) electrons. The number of aliphatic carboxylic acids is 1. The van der Waals surface area contributed by atoms with Crippen molar-refractivity contribution in [2.24, 2.45) is 0 Å². The zero-order valence-corrected chi connectivity index (χ0v) is 9.61. The van der Waals surface area contributed by atoms with E-state index in [2.05, 4.69) is 4.98 Å². The van der Waals surface area contributed by atoms with Crippen molar-refractivity contribution < 1.29 is 19.4 Å². The fraction of sp³-hybridized carbons (Fsp3) is 0.250. The predicted molar refractivity (Wildman–Crippen MR) is 62.7 cm³/mol. The average molecular weight is 235 g/mol. The third kappa shape index (κ3) is 2.04. The van der Waals surface area contributed by atoms with Gasteiger partial charge in [-0.3, -0.25) is 4.79 Å². The predicted octanol–water partition coefficient (Wildman–Crippen LogP) is 1.81. The first-order valence-electron chi connectivity index (χ1n) is 5.09. The third-order valence-electron chi connectivity index (χ3n) is 2.61. The number of ether oxygens (including phenoxy) is 2. The molecular formula is C12H13NO4. The molecule has 1 aromatic heterocycles. The summed E-state index contributed by atoms with van der Waals surface area (Å²) in [7, 11) is 3.12. The van der Waals surface area contributed by atoms with Gasteiger partial charge in [-0.15, -0.1) is 0 Å². The number of hydrogen-bond acceptors (Lipinski definition) is 3. The van der Waals surface area contributed by atoms with Gasteiger partial charge >= 0.3 is 5.97 Å². The Morgan fingerprint density at radius 2 is 2.12 bits per heavy atom. The number of benzene rings is 1. The van der Waals surface area contributed by atoms with Crippen molar-refractivity contribution in [2.75, 3.05) is 14.2 Å². The molecule has 2 N–H and O–H groups in total. The highest BCUT2D eigenvalue weighted by atomic mass is 16.5. The van der Waals surface area contributed by atoms with Crippen LogP contribution in [0.15, 0.2) is 18.3 Å². The molecule has 1 heterocycles. The smallest absolute Gasteiger partial charge is 0.307 e. The molecule has 0 atom stereocenters. The summed E-state index contributed by atoms with van der Waals surface area (Å²) in [5.74, 6) is 0.407. The van der Waals surface area contributed by atoms with E-state index in [4.69, 9.17) is 14.6 Å². The zero-order valence-electron chi connectivity index (χ0n) is 9.61. The number of H-pyrrole nitrogens is 1.